The van der Waals surface area contributed by atoms with Crippen molar-refractivity contribution in [1.82, 2.24) is 0 Å². The van der Waals surface area contributed by atoms with Gasteiger partial charge in [-0.3, -0.25) is 0 Å². The number of benzene rings is 2. The fourth-order valence-electron chi connectivity index (χ4n) is 2.32. The molecule has 0 saturated carbocycles. The third-order valence-electron chi connectivity index (χ3n) is 3.45. The summed E-state index contributed by atoms with van der Waals surface area (Å²) < 4.78 is 50.8. The van der Waals surface area contributed by atoms with Gasteiger partial charge in [-0.25, -0.2) is 4.39 Å². The lowest BCUT2D eigenvalue weighted by Crippen LogP contribution is -2.28. The molecule has 0 bridgehead atoms. The summed E-state index contributed by atoms with van der Waals surface area (Å²) >= 11 is 0. The van der Waals surface area contributed by atoms with Crippen molar-refractivity contribution < 1.29 is 22.7 Å². The predicted molar refractivity (Wildman–Crippen MR) is 74.7 cm³/mol. The summed E-state index contributed by atoms with van der Waals surface area (Å²) in [6, 6.07) is 9.94. The molecule has 0 aliphatic heterocycles. The predicted octanol–water partition coefficient (Wildman–Crippen LogP) is 3.30. The van der Waals surface area contributed by atoms with Crippen LogP contribution in [0, 0.1) is 5.82 Å². The molecule has 0 amide bonds. The van der Waals surface area contributed by atoms with Crippen LogP contribution in [0.2, 0.25) is 0 Å². The van der Waals surface area contributed by atoms with Crippen molar-refractivity contribution in [2.75, 3.05) is 6.54 Å². The second kappa shape index (κ2) is 6.46. The monoisotopic (exact) mass is 313 g/mol. The molecule has 118 valence electrons. The maximum absolute atomic E-state index is 13.0. The summed E-state index contributed by atoms with van der Waals surface area (Å²) in [6.45, 7) is -0.0664. The number of nitrogens with two attached hydrogens (primary N) is 1. The first-order valence-corrected chi connectivity index (χ1v) is 6.63. The minimum Gasteiger partial charge on any atom is -0.391 e. The quantitative estimate of drug-likeness (QED) is 0.851. The number of hydrogen-bond acceptors (Lipinski definition) is 2. The Hall–Kier alpha value is -1.92. The first-order chi connectivity index (χ1) is 10.3. The molecule has 0 spiro atoms. The van der Waals surface area contributed by atoms with Gasteiger partial charge < -0.3 is 10.8 Å². The molecule has 6 heteroatoms. The smallest absolute Gasteiger partial charge is 0.391 e. The molecule has 0 aliphatic rings. The van der Waals surface area contributed by atoms with Gasteiger partial charge in [-0.05, 0) is 35.4 Å². The van der Waals surface area contributed by atoms with Crippen molar-refractivity contribution >= 4 is 0 Å². The van der Waals surface area contributed by atoms with Crippen LogP contribution in [0.4, 0.5) is 17.6 Å². The van der Waals surface area contributed by atoms with Gasteiger partial charge in [0.1, 0.15) is 5.82 Å². The molecular weight excluding hydrogens is 298 g/mol. The molecule has 0 heterocycles. The highest BCUT2D eigenvalue weighted by Gasteiger charge is 2.31. The van der Waals surface area contributed by atoms with Crippen LogP contribution >= 0.6 is 0 Å². The minimum absolute atomic E-state index is 0.0664. The highest BCUT2D eigenvalue weighted by molar-refractivity contribution is 5.36. The van der Waals surface area contributed by atoms with Crippen molar-refractivity contribution in [2.24, 2.45) is 5.73 Å². The van der Waals surface area contributed by atoms with Crippen LogP contribution in [0.25, 0.3) is 0 Å². The summed E-state index contributed by atoms with van der Waals surface area (Å²) in [4.78, 5) is 0. The van der Waals surface area contributed by atoms with Crippen LogP contribution in [0.5, 0.6) is 0 Å². The van der Waals surface area contributed by atoms with E-state index in [2.05, 4.69) is 0 Å². The summed E-state index contributed by atoms with van der Waals surface area (Å²) in [7, 11) is 0. The van der Waals surface area contributed by atoms with E-state index in [1.807, 2.05) is 0 Å². The van der Waals surface area contributed by atoms with Gasteiger partial charge in [0.15, 0.2) is 0 Å². The molecule has 2 aromatic rings. The standard InChI is InChI=1S/C16H15F4NO/c17-13-7-3-11(4-8-13)15(14(22)9-21)10-1-5-12(6-2-10)16(18,19)20/h1-8,14-15,22H,9,21H2. The molecular formula is C16H15F4NO. The van der Waals surface area contributed by atoms with Gasteiger partial charge in [0.2, 0.25) is 0 Å². The number of rotatable bonds is 4. The Bertz CT molecular complexity index is 608. The van der Waals surface area contributed by atoms with E-state index in [-0.39, 0.29) is 6.54 Å². The van der Waals surface area contributed by atoms with Gasteiger partial charge >= 0.3 is 6.18 Å². The number of alkyl halides is 3. The van der Waals surface area contributed by atoms with Crippen LogP contribution in [0.3, 0.4) is 0 Å². The van der Waals surface area contributed by atoms with E-state index >= 15 is 0 Å². The first-order valence-electron chi connectivity index (χ1n) is 6.63. The summed E-state index contributed by atoms with van der Waals surface area (Å²) in [5.74, 6) is -1.05. The van der Waals surface area contributed by atoms with E-state index in [1.54, 1.807) is 0 Å². The molecule has 2 unspecified atom stereocenters. The van der Waals surface area contributed by atoms with Crippen molar-refractivity contribution in [1.29, 1.82) is 0 Å². The van der Waals surface area contributed by atoms with Crippen LogP contribution in [-0.2, 0) is 6.18 Å². The lowest BCUT2D eigenvalue weighted by molar-refractivity contribution is -0.137. The lowest BCUT2D eigenvalue weighted by Gasteiger charge is -2.23. The van der Waals surface area contributed by atoms with Crippen molar-refractivity contribution in [3.05, 3.63) is 71.0 Å². The molecule has 3 N–H and O–H groups in total. The lowest BCUT2D eigenvalue weighted by atomic mass is 9.86. The third-order valence-corrected chi connectivity index (χ3v) is 3.45. The average molecular weight is 313 g/mol. The highest BCUT2D eigenvalue weighted by Crippen LogP contribution is 2.33. The molecule has 0 aromatic heterocycles. The number of aliphatic hydroxyl groups is 1. The highest BCUT2D eigenvalue weighted by atomic mass is 19.4. The van der Waals surface area contributed by atoms with E-state index in [4.69, 9.17) is 5.73 Å². The molecule has 0 fully saturated rings. The van der Waals surface area contributed by atoms with Crippen LogP contribution in [-0.4, -0.2) is 17.8 Å². The van der Waals surface area contributed by atoms with Crippen LogP contribution in [0.1, 0.15) is 22.6 Å². The van der Waals surface area contributed by atoms with Gasteiger partial charge in [0.25, 0.3) is 0 Å². The second-order valence-electron chi connectivity index (χ2n) is 4.95. The molecule has 2 aromatic carbocycles. The summed E-state index contributed by atoms with van der Waals surface area (Å²) in [5.41, 5.74) is 5.77. The van der Waals surface area contributed by atoms with Crippen LogP contribution < -0.4 is 5.73 Å². The van der Waals surface area contributed by atoms with Gasteiger partial charge in [0, 0.05) is 12.5 Å². The summed E-state index contributed by atoms with van der Waals surface area (Å²) in [5, 5.41) is 10.1. The van der Waals surface area contributed by atoms with Crippen LogP contribution in [0.15, 0.2) is 48.5 Å². The van der Waals surface area contributed by atoms with E-state index < -0.39 is 29.6 Å². The molecule has 2 rings (SSSR count). The summed E-state index contributed by atoms with van der Waals surface area (Å²) in [6.07, 6.45) is -5.40. The second-order valence-corrected chi connectivity index (χ2v) is 4.95. The van der Waals surface area contributed by atoms with Gasteiger partial charge in [0.05, 0.1) is 11.7 Å². The van der Waals surface area contributed by atoms with Crippen molar-refractivity contribution in [2.45, 2.75) is 18.2 Å². The Labute approximate surface area is 125 Å². The Kier molecular flexibility index (Phi) is 4.83. The van der Waals surface area contributed by atoms with Gasteiger partial charge in [-0.2, -0.15) is 13.2 Å². The van der Waals surface area contributed by atoms with E-state index in [9.17, 15) is 22.7 Å². The first kappa shape index (κ1) is 16.5. The van der Waals surface area contributed by atoms with Gasteiger partial charge in [-0.1, -0.05) is 24.3 Å². The fourth-order valence-corrected chi connectivity index (χ4v) is 2.32. The average Bonchev–Trinajstić information content (AvgIpc) is 2.49. The Morgan fingerprint density at radius 2 is 1.36 bits per heavy atom. The molecule has 2 nitrogen and oxygen atoms in total. The number of hydrogen-bond donors (Lipinski definition) is 2. The zero-order valence-corrected chi connectivity index (χ0v) is 11.5. The van der Waals surface area contributed by atoms with E-state index in [0.717, 1.165) is 12.1 Å². The zero-order chi connectivity index (χ0) is 16.3. The maximum atomic E-state index is 13.0. The number of halogens is 4. The molecule has 22 heavy (non-hydrogen) atoms. The van der Waals surface area contributed by atoms with Crippen molar-refractivity contribution in [3.8, 4) is 0 Å². The van der Waals surface area contributed by atoms with E-state index in [1.165, 1.54) is 36.4 Å². The van der Waals surface area contributed by atoms with E-state index in [0.29, 0.717) is 11.1 Å². The topological polar surface area (TPSA) is 46.2 Å². The van der Waals surface area contributed by atoms with Crippen molar-refractivity contribution in [3.63, 3.8) is 0 Å². The maximum Gasteiger partial charge on any atom is 0.416 e. The molecule has 0 aliphatic carbocycles. The normalized spacial score (nSPS) is 14.6. The molecule has 0 radical (unpaired) electrons. The number of aliphatic hydroxyl groups excluding tert-OH is 1. The SMILES string of the molecule is NCC(O)C(c1ccc(F)cc1)c1ccc(C(F)(F)F)cc1. The Balaban J connectivity index is 2.39. The largest absolute Gasteiger partial charge is 0.416 e. The minimum atomic E-state index is -4.42. The zero-order valence-electron chi connectivity index (χ0n) is 11.5. The fraction of sp³-hybridized carbons (Fsp3) is 0.250. The molecule has 0 saturated heterocycles. The molecule has 2 atom stereocenters. The Morgan fingerprint density at radius 3 is 1.77 bits per heavy atom. The Morgan fingerprint density at radius 1 is 0.909 bits per heavy atom. The third kappa shape index (κ3) is 3.64. The van der Waals surface area contributed by atoms with Gasteiger partial charge in [-0.15, -0.1) is 0 Å².